The Bertz CT molecular complexity index is 874. The van der Waals surface area contributed by atoms with Gasteiger partial charge in [-0.2, -0.15) is 10.4 Å². The van der Waals surface area contributed by atoms with Gasteiger partial charge in [-0.3, -0.25) is 9.59 Å². The molecule has 1 heterocycles. The summed E-state index contributed by atoms with van der Waals surface area (Å²) in [6, 6.07) is 4.82. The fourth-order valence-electron chi connectivity index (χ4n) is 3.78. The molecular formula is C21H30N5O4+. The Morgan fingerprint density at radius 2 is 1.90 bits per heavy atom. The van der Waals surface area contributed by atoms with Crippen molar-refractivity contribution in [2.24, 2.45) is 0 Å². The van der Waals surface area contributed by atoms with Crippen molar-refractivity contribution in [3.05, 3.63) is 35.2 Å². The van der Waals surface area contributed by atoms with Crippen molar-refractivity contribution in [3.8, 4) is 5.75 Å². The highest BCUT2D eigenvalue weighted by Gasteiger charge is 2.37. The molecule has 1 aromatic rings. The smallest absolute Gasteiger partial charge is 0.385 e. The van der Waals surface area contributed by atoms with Crippen LogP contribution in [0.4, 0.5) is 5.69 Å². The molecule has 0 aromatic heterocycles. The van der Waals surface area contributed by atoms with Crippen molar-refractivity contribution in [3.63, 3.8) is 0 Å². The molecule has 3 rings (SSSR count). The summed E-state index contributed by atoms with van der Waals surface area (Å²) in [5.41, 5.74) is 1.91. The lowest BCUT2D eigenvalue weighted by atomic mass is 9.95. The third-order valence-electron chi connectivity index (χ3n) is 5.47. The second kappa shape index (κ2) is 9.17. The number of carbonyl (C=O) groups is 3. The molecule has 1 aliphatic carbocycles. The Labute approximate surface area is 176 Å². The second-order valence-corrected chi connectivity index (χ2v) is 7.84. The number of primary amides is 1. The molecule has 5 N–H and O–H groups in total. The summed E-state index contributed by atoms with van der Waals surface area (Å²) < 4.78 is 0. The van der Waals surface area contributed by atoms with Crippen LogP contribution < -0.4 is 16.1 Å². The summed E-state index contributed by atoms with van der Waals surface area (Å²) in [7, 11) is 3.18. The average molecular weight is 417 g/mol. The third-order valence-corrected chi connectivity index (χ3v) is 5.47. The van der Waals surface area contributed by atoms with Crippen LogP contribution in [0.25, 0.3) is 0 Å². The Morgan fingerprint density at radius 1 is 1.20 bits per heavy atom. The summed E-state index contributed by atoms with van der Waals surface area (Å²) >= 11 is 0. The number of benzene rings is 1. The maximum atomic E-state index is 13.0. The molecular weight excluding hydrogens is 386 g/mol. The topological polar surface area (TPSA) is 119 Å². The number of amides is 3. The van der Waals surface area contributed by atoms with Crippen molar-refractivity contribution in [2.45, 2.75) is 45.1 Å². The van der Waals surface area contributed by atoms with Crippen molar-refractivity contribution in [1.29, 1.82) is 0 Å². The highest BCUT2D eigenvalue weighted by Crippen LogP contribution is 2.30. The van der Waals surface area contributed by atoms with E-state index >= 15 is 0 Å². The number of hydrogen-bond donors (Lipinski definition) is 4. The van der Waals surface area contributed by atoms with Crippen LogP contribution in [-0.4, -0.2) is 59.4 Å². The number of quaternary nitrogens is 1. The van der Waals surface area contributed by atoms with Crippen molar-refractivity contribution >= 4 is 23.4 Å². The predicted octanol–water partition coefficient (Wildman–Crippen LogP) is 0.507. The minimum atomic E-state index is -0.362. The van der Waals surface area contributed by atoms with Crippen LogP contribution >= 0.6 is 0 Å². The molecule has 1 saturated carbocycles. The monoisotopic (exact) mass is 416 g/mol. The lowest BCUT2D eigenvalue weighted by molar-refractivity contribution is -0.708. The van der Waals surface area contributed by atoms with E-state index in [1.807, 2.05) is 0 Å². The van der Waals surface area contributed by atoms with Gasteiger partial charge in [0, 0.05) is 20.1 Å². The Morgan fingerprint density at radius 3 is 2.53 bits per heavy atom. The van der Waals surface area contributed by atoms with Crippen LogP contribution in [0, 0.1) is 0 Å². The van der Waals surface area contributed by atoms with Gasteiger partial charge >= 0.3 is 11.8 Å². The standard InChI is InChI=1S/C21H29N5O4/c1-4-26-21(30)17(16(19(28)24-26)22-13-9-6-5-7-10-13)23-15-12-8-11-14(18(15)27)20(29)25(2)3/h8,11-13,22-23,27H,4-7,9-10H2,1-3H3,(H,24,28)/p+1. The number of anilines is 1. The molecule has 0 radical (unpaired) electrons. The number of nitrogens with zero attached hydrogens (tertiary/aromatic N) is 2. The van der Waals surface area contributed by atoms with Gasteiger partial charge in [0.25, 0.3) is 5.91 Å². The first-order valence-electron chi connectivity index (χ1n) is 10.3. The number of rotatable bonds is 6. The molecule has 9 nitrogen and oxygen atoms in total. The fraction of sp³-hybridized carbons (Fsp3) is 0.476. The fourth-order valence-corrected chi connectivity index (χ4v) is 3.78. The van der Waals surface area contributed by atoms with Gasteiger partial charge in [-0.05, 0) is 31.9 Å². The molecule has 1 fully saturated rings. The van der Waals surface area contributed by atoms with Crippen LogP contribution in [0.1, 0.15) is 49.4 Å². The largest absolute Gasteiger partial charge is 0.505 e. The molecule has 30 heavy (non-hydrogen) atoms. The number of para-hydroxylation sites is 1. The van der Waals surface area contributed by atoms with Crippen molar-refractivity contribution in [2.75, 3.05) is 26.0 Å². The van der Waals surface area contributed by atoms with E-state index in [4.69, 9.17) is 0 Å². The number of likely N-dealkylation sites (N-methyl/N-ethyl adjacent to an activating group) is 1. The molecule has 1 aromatic carbocycles. The molecule has 0 bridgehead atoms. The molecule has 9 heteroatoms. The lowest BCUT2D eigenvalue weighted by Gasteiger charge is -2.30. The van der Waals surface area contributed by atoms with Crippen LogP contribution in [-0.2, 0) is 9.59 Å². The Kier molecular flexibility index (Phi) is 6.61. The first-order chi connectivity index (χ1) is 14.3. The van der Waals surface area contributed by atoms with E-state index in [0.717, 1.165) is 25.7 Å². The summed E-state index contributed by atoms with van der Waals surface area (Å²) in [5.74, 6) is -1.28. The normalized spacial score (nSPS) is 17.9. The molecule has 3 amide bonds. The average Bonchev–Trinajstić information content (AvgIpc) is 2.74. The number of carbonyl (C=O) groups excluding carboxylic acids is 3. The van der Waals surface area contributed by atoms with Crippen molar-refractivity contribution < 1.29 is 24.9 Å². The molecule has 0 unspecified atom stereocenters. The third kappa shape index (κ3) is 4.40. The van der Waals surface area contributed by atoms with E-state index in [-0.39, 0.29) is 52.2 Å². The zero-order valence-corrected chi connectivity index (χ0v) is 17.7. The summed E-state index contributed by atoms with van der Waals surface area (Å²) in [5, 5.41) is 18.2. The van der Waals surface area contributed by atoms with Gasteiger partial charge in [0.15, 0.2) is 11.4 Å². The minimum absolute atomic E-state index is 0.0830. The van der Waals surface area contributed by atoms with E-state index < -0.39 is 0 Å². The van der Waals surface area contributed by atoms with E-state index in [0.29, 0.717) is 6.54 Å². The zero-order chi connectivity index (χ0) is 21.8. The zero-order valence-electron chi connectivity index (χ0n) is 17.7. The number of aromatic hydroxyl groups is 1. The summed E-state index contributed by atoms with van der Waals surface area (Å²) in [4.78, 5) is 39.5. The van der Waals surface area contributed by atoms with Crippen LogP contribution in [0.3, 0.4) is 0 Å². The first kappa shape index (κ1) is 21.6. The SMILES string of the molecule is CCN1[NH2+]C(=O)C(NC2CCCCC2)=C(Nc2cccc(C(=O)N(C)C)c2O)C1=O. The van der Waals surface area contributed by atoms with E-state index in [1.165, 1.54) is 27.8 Å². The van der Waals surface area contributed by atoms with E-state index in [2.05, 4.69) is 10.6 Å². The molecule has 2 aliphatic rings. The van der Waals surface area contributed by atoms with E-state index in [1.54, 1.807) is 33.2 Å². The molecule has 1 aliphatic heterocycles. The number of nitrogens with two attached hydrogens (primary N) is 1. The number of phenolic OH excluding ortho intramolecular Hbond substituents is 1. The Hall–Kier alpha value is -3.07. The second-order valence-electron chi connectivity index (χ2n) is 7.84. The predicted molar refractivity (Wildman–Crippen MR) is 111 cm³/mol. The maximum absolute atomic E-state index is 13.0. The number of phenols is 1. The summed E-state index contributed by atoms with van der Waals surface area (Å²) in [6.45, 7) is 2.13. The van der Waals surface area contributed by atoms with Crippen LogP contribution in [0.15, 0.2) is 29.6 Å². The highest BCUT2D eigenvalue weighted by atomic mass is 16.3. The number of hydrogen-bond acceptors (Lipinski definition) is 6. The van der Waals surface area contributed by atoms with Gasteiger partial charge in [0.1, 0.15) is 5.70 Å². The molecule has 0 saturated heterocycles. The van der Waals surface area contributed by atoms with Gasteiger partial charge in [0.05, 0.1) is 17.8 Å². The Balaban J connectivity index is 1.98. The summed E-state index contributed by atoms with van der Waals surface area (Å²) in [6.07, 6.45) is 5.21. The minimum Gasteiger partial charge on any atom is -0.505 e. The van der Waals surface area contributed by atoms with Crippen LogP contribution in [0.2, 0.25) is 0 Å². The maximum Gasteiger partial charge on any atom is 0.385 e. The highest BCUT2D eigenvalue weighted by molar-refractivity contribution is 6.06. The van der Waals surface area contributed by atoms with Gasteiger partial charge in [0.2, 0.25) is 0 Å². The molecule has 0 spiro atoms. The molecule has 162 valence electrons. The quantitative estimate of drug-likeness (QED) is 0.305. The number of nitrogens with one attached hydrogen (secondary N) is 2. The van der Waals surface area contributed by atoms with Gasteiger partial charge in [-0.25, -0.2) is 4.79 Å². The van der Waals surface area contributed by atoms with E-state index in [9.17, 15) is 19.5 Å². The van der Waals surface area contributed by atoms with Crippen LogP contribution in [0.5, 0.6) is 5.75 Å². The van der Waals surface area contributed by atoms with Gasteiger partial charge in [-0.15, -0.1) is 0 Å². The molecule has 0 atom stereocenters. The lowest BCUT2D eigenvalue weighted by Crippen LogP contribution is -3.00. The van der Waals surface area contributed by atoms with Gasteiger partial charge in [-0.1, -0.05) is 25.3 Å². The first-order valence-corrected chi connectivity index (χ1v) is 10.3. The van der Waals surface area contributed by atoms with Gasteiger partial charge < -0.3 is 20.6 Å². The van der Waals surface area contributed by atoms with Crippen molar-refractivity contribution in [1.82, 2.24) is 15.2 Å².